The van der Waals surface area contributed by atoms with Crippen molar-refractivity contribution in [3.05, 3.63) is 45.7 Å². The molecule has 2 aromatic rings. The molecule has 2 rings (SSSR count). The van der Waals surface area contributed by atoms with Crippen LogP contribution in [-0.4, -0.2) is 10.9 Å². The highest BCUT2D eigenvalue weighted by Crippen LogP contribution is 2.26. The largest absolute Gasteiger partial charge is 0.397 e. The Balaban J connectivity index is 2.21. The first-order valence-electron chi connectivity index (χ1n) is 4.76. The molecule has 1 aromatic carbocycles. The minimum absolute atomic E-state index is 0.273. The summed E-state index contributed by atoms with van der Waals surface area (Å²) in [7, 11) is 0. The van der Waals surface area contributed by atoms with Gasteiger partial charge in [-0.15, -0.1) is 0 Å². The van der Waals surface area contributed by atoms with Crippen molar-refractivity contribution >= 4 is 44.8 Å². The van der Waals surface area contributed by atoms with Crippen molar-refractivity contribution in [2.45, 2.75) is 0 Å². The number of amides is 1. The summed E-state index contributed by atoms with van der Waals surface area (Å²) in [5.41, 5.74) is 7.04. The molecule has 0 aliphatic rings. The maximum atomic E-state index is 11.8. The monoisotopic (exact) mass is 313 g/mol. The molecule has 1 aromatic heterocycles. The molecule has 17 heavy (non-hydrogen) atoms. The highest BCUT2D eigenvalue weighted by atomic mass is 79.9. The molecule has 0 saturated heterocycles. The summed E-state index contributed by atoms with van der Waals surface area (Å²) in [6.45, 7) is 0. The number of aromatic amines is 1. The SMILES string of the molecule is Nc1c[nH]c(C(=O)Nc2cc(Cl)ccc2Br)c1. The number of rotatable bonds is 2. The average Bonchev–Trinajstić information content (AvgIpc) is 2.70. The van der Waals surface area contributed by atoms with Crippen LogP contribution >= 0.6 is 27.5 Å². The van der Waals surface area contributed by atoms with Gasteiger partial charge in [0.25, 0.3) is 5.91 Å². The summed E-state index contributed by atoms with van der Waals surface area (Å²) in [4.78, 5) is 14.6. The fraction of sp³-hybridized carbons (Fsp3) is 0. The number of benzene rings is 1. The molecule has 0 bridgehead atoms. The van der Waals surface area contributed by atoms with Crippen LogP contribution < -0.4 is 11.1 Å². The van der Waals surface area contributed by atoms with Crippen LogP contribution in [0.15, 0.2) is 34.9 Å². The lowest BCUT2D eigenvalue weighted by molar-refractivity contribution is 0.102. The highest BCUT2D eigenvalue weighted by molar-refractivity contribution is 9.10. The minimum Gasteiger partial charge on any atom is -0.397 e. The molecule has 0 aliphatic carbocycles. The van der Waals surface area contributed by atoms with E-state index >= 15 is 0 Å². The Kier molecular flexibility index (Phi) is 3.40. The summed E-state index contributed by atoms with van der Waals surface area (Å²) in [5.74, 6) is -0.273. The van der Waals surface area contributed by atoms with Crippen LogP contribution in [0.1, 0.15) is 10.5 Å². The maximum absolute atomic E-state index is 11.8. The minimum atomic E-state index is -0.273. The van der Waals surface area contributed by atoms with Gasteiger partial charge in [0.05, 0.1) is 5.69 Å². The number of anilines is 2. The molecule has 1 amide bonds. The molecule has 0 fully saturated rings. The van der Waals surface area contributed by atoms with Gasteiger partial charge >= 0.3 is 0 Å². The van der Waals surface area contributed by atoms with E-state index in [1.165, 1.54) is 0 Å². The molecular formula is C11H9BrClN3O. The summed E-state index contributed by atoms with van der Waals surface area (Å²) in [6.07, 6.45) is 1.56. The second-order valence-corrected chi connectivity index (χ2v) is 4.72. The van der Waals surface area contributed by atoms with Crippen molar-refractivity contribution < 1.29 is 4.79 Å². The third kappa shape index (κ3) is 2.81. The van der Waals surface area contributed by atoms with Gasteiger partial charge in [-0.05, 0) is 40.2 Å². The summed E-state index contributed by atoms with van der Waals surface area (Å²) in [5, 5.41) is 3.27. The van der Waals surface area contributed by atoms with E-state index in [4.69, 9.17) is 17.3 Å². The third-order valence-electron chi connectivity index (χ3n) is 2.13. The summed E-state index contributed by atoms with van der Waals surface area (Å²) in [6, 6.07) is 6.72. The molecule has 0 aliphatic heterocycles. The van der Waals surface area contributed by atoms with Crippen molar-refractivity contribution in [3.63, 3.8) is 0 Å². The van der Waals surface area contributed by atoms with Crippen LogP contribution in [0, 0.1) is 0 Å². The van der Waals surface area contributed by atoms with Crippen LogP contribution in [0.5, 0.6) is 0 Å². The van der Waals surface area contributed by atoms with Crippen molar-refractivity contribution in [2.75, 3.05) is 11.1 Å². The molecular weight excluding hydrogens is 305 g/mol. The van der Waals surface area contributed by atoms with E-state index < -0.39 is 0 Å². The normalized spacial score (nSPS) is 10.2. The van der Waals surface area contributed by atoms with Crippen molar-refractivity contribution in [3.8, 4) is 0 Å². The van der Waals surface area contributed by atoms with Crippen LogP contribution in [-0.2, 0) is 0 Å². The standard InChI is InChI=1S/C11H9BrClN3O/c12-8-2-1-6(13)3-9(8)16-11(17)10-4-7(14)5-15-10/h1-5,15H,14H2,(H,16,17). The van der Waals surface area contributed by atoms with Gasteiger partial charge in [-0.3, -0.25) is 4.79 Å². The van der Waals surface area contributed by atoms with Crippen LogP contribution in [0.3, 0.4) is 0 Å². The number of hydrogen-bond acceptors (Lipinski definition) is 2. The first kappa shape index (κ1) is 12.0. The second kappa shape index (κ2) is 4.81. The average molecular weight is 315 g/mol. The molecule has 0 spiro atoms. The van der Waals surface area contributed by atoms with E-state index in [1.807, 2.05) is 0 Å². The van der Waals surface area contributed by atoms with Gasteiger partial charge in [0.15, 0.2) is 0 Å². The number of halogens is 2. The molecule has 4 N–H and O–H groups in total. The number of nitrogens with two attached hydrogens (primary N) is 1. The topological polar surface area (TPSA) is 70.9 Å². The van der Waals surface area contributed by atoms with Crippen molar-refractivity contribution in [1.82, 2.24) is 4.98 Å². The Labute approximate surface area is 111 Å². The van der Waals surface area contributed by atoms with Gasteiger partial charge in [-0.25, -0.2) is 0 Å². The zero-order valence-corrected chi connectivity index (χ0v) is 11.0. The van der Waals surface area contributed by atoms with E-state index in [2.05, 4.69) is 26.2 Å². The molecule has 0 radical (unpaired) electrons. The van der Waals surface area contributed by atoms with Gasteiger partial charge < -0.3 is 16.0 Å². The first-order chi connectivity index (χ1) is 8.06. The predicted octanol–water partition coefficient (Wildman–Crippen LogP) is 3.27. The number of hydrogen-bond donors (Lipinski definition) is 3. The number of H-pyrrole nitrogens is 1. The van der Waals surface area contributed by atoms with E-state index in [0.29, 0.717) is 22.1 Å². The predicted molar refractivity (Wildman–Crippen MR) is 72.3 cm³/mol. The van der Waals surface area contributed by atoms with Gasteiger partial charge in [0.1, 0.15) is 5.69 Å². The summed E-state index contributed by atoms with van der Waals surface area (Å²) < 4.78 is 0.759. The highest BCUT2D eigenvalue weighted by Gasteiger charge is 2.10. The van der Waals surface area contributed by atoms with Crippen LogP contribution in [0.4, 0.5) is 11.4 Å². The zero-order valence-electron chi connectivity index (χ0n) is 8.63. The molecule has 1 heterocycles. The molecule has 88 valence electrons. The van der Waals surface area contributed by atoms with Gasteiger partial charge in [0, 0.05) is 21.4 Å². The lowest BCUT2D eigenvalue weighted by Crippen LogP contribution is -2.12. The fourth-order valence-electron chi connectivity index (χ4n) is 1.33. The van der Waals surface area contributed by atoms with E-state index in [1.54, 1.807) is 30.5 Å². The van der Waals surface area contributed by atoms with E-state index in [-0.39, 0.29) is 5.91 Å². The molecule has 4 nitrogen and oxygen atoms in total. The Morgan fingerprint density at radius 2 is 2.18 bits per heavy atom. The Bertz CT molecular complexity index is 568. The van der Waals surface area contributed by atoms with E-state index in [9.17, 15) is 4.79 Å². The lowest BCUT2D eigenvalue weighted by Gasteiger charge is -2.06. The van der Waals surface area contributed by atoms with E-state index in [0.717, 1.165) is 4.47 Å². The number of nitrogens with one attached hydrogen (secondary N) is 2. The van der Waals surface area contributed by atoms with Crippen LogP contribution in [0.25, 0.3) is 0 Å². The molecule has 0 unspecified atom stereocenters. The molecule has 6 heteroatoms. The number of aromatic nitrogens is 1. The second-order valence-electron chi connectivity index (χ2n) is 3.42. The number of carbonyl (C=O) groups is 1. The first-order valence-corrected chi connectivity index (χ1v) is 5.93. The number of nitrogen functional groups attached to an aromatic ring is 1. The Hall–Kier alpha value is -1.46. The van der Waals surface area contributed by atoms with Gasteiger partial charge in [0.2, 0.25) is 0 Å². The van der Waals surface area contributed by atoms with Gasteiger partial charge in [-0.2, -0.15) is 0 Å². The van der Waals surface area contributed by atoms with Gasteiger partial charge in [-0.1, -0.05) is 11.6 Å². The quantitative estimate of drug-likeness (QED) is 0.796. The lowest BCUT2D eigenvalue weighted by atomic mass is 10.3. The molecule has 0 atom stereocenters. The van der Waals surface area contributed by atoms with Crippen molar-refractivity contribution in [1.29, 1.82) is 0 Å². The summed E-state index contributed by atoms with van der Waals surface area (Å²) >= 11 is 9.18. The Morgan fingerprint density at radius 1 is 1.41 bits per heavy atom. The third-order valence-corrected chi connectivity index (χ3v) is 3.05. The zero-order chi connectivity index (χ0) is 12.4. The fourth-order valence-corrected chi connectivity index (χ4v) is 1.84. The van der Waals surface area contributed by atoms with Crippen LogP contribution in [0.2, 0.25) is 5.02 Å². The Morgan fingerprint density at radius 3 is 2.82 bits per heavy atom. The molecule has 0 saturated carbocycles. The van der Waals surface area contributed by atoms with Crippen molar-refractivity contribution in [2.24, 2.45) is 0 Å². The smallest absolute Gasteiger partial charge is 0.272 e. The maximum Gasteiger partial charge on any atom is 0.272 e. The number of carbonyl (C=O) groups excluding carboxylic acids is 1.